The smallest absolute Gasteiger partial charge is 0.244 e. The first-order valence-electron chi connectivity index (χ1n) is 7.93. The average molecular weight is 379 g/mol. The molecule has 2 fully saturated rings. The number of halogens is 2. The second-order valence-electron chi connectivity index (χ2n) is 6.63. The van der Waals surface area contributed by atoms with E-state index in [-0.39, 0.29) is 29.3 Å². The Morgan fingerprint density at radius 3 is 2.61 bits per heavy atom. The van der Waals surface area contributed by atoms with Crippen molar-refractivity contribution >= 4 is 34.0 Å². The Hall–Kier alpha value is -0.330. The zero-order valence-electron chi connectivity index (χ0n) is 13.5. The van der Waals surface area contributed by atoms with Crippen LogP contribution in [0.1, 0.15) is 44.6 Å². The lowest BCUT2D eigenvalue weighted by molar-refractivity contribution is 0.383. The van der Waals surface area contributed by atoms with Crippen LogP contribution in [0.3, 0.4) is 0 Å². The quantitative estimate of drug-likeness (QED) is 0.876. The minimum absolute atomic E-state index is 0. The van der Waals surface area contributed by atoms with Crippen molar-refractivity contribution in [3.05, 3.63) is 28.8 Å². The van der Waals surface area contributed by atoms with Gasteiger partial charge in [-0.05, 0) is 42.9 Å². The van der Waals surface area contributed by atoms with Gasteiger partial charge in [0, 0.05) is 25.2 Å². The first kappa shape index (κ1) is 19.0. The normalized spacial score (nSPS) is 25.2. The molecule has 2 aliphatic heterocycles. The molecule has 2 saturated heterocycles. The predicted octanol–water partition coefficient (Wildman–Crippen LogP) is 3.40. The monoisotopic (exact) mass is 378 g/mol. The standard InChI is InChI=1S/C16H23ClN2O2S.ClH/c1-11(2)12-3-6-15(17)16(9-12)22(20,21)19-8-7-13-4-5-14(10-19)18-13;/h3,6,9,11,13-14,18H,4-5,7-8,10H2,1-2H3;1H. The molecule has 1 aromatic rings. The Morgan fingerprint density at radius 2 is 1.91 bits per heavy atom. The number of sulfonamides is 1. The Bertz CT molecular complexity index is 664. The minimum Gasteiger partial charge on any atom is -0.310 e. The van der Waals surface area contributed by atoms with Gasteiger partial charge >= 0.3 is 0 Å². The van der Waals surface area contributed by atoms with Crippen LogP contribution in [0.5, 0.6) is 0 Å². The van der Waals surface area contributed by atoms with Gasteiger partial charge in [0.15, 0.2) is 0 Å². The number of nitrogens with one attached hydrogen (secondary N) is 1. The predicted molar refractivity (Wildman–Crippen MR) is 96.1 cm³/mol. The highest BCUT2D eigenvalue weighted by Gasteiger charge is 2.35. The first-order valence-corrected chi connectivity index (χ1v) is 9.75. The lowest BCUT2D eigenvalue weighted by atomic mass is 10.0. The molecule has 2 unspecified atom stereocenters. The summed E-state index contributed by atoms with van der Waals surface area (Å²) in [4.78, 5) is 0.248. The van der Waals surface area contributed by atoms with Crippen LogP contribution in [0.25, 0.3) is 0 Å². The minimum atomic E-state index is -3.53. The van der Waals surface area contributed by atoms with E-state index in [9.17, 15) is 8.42 Å². The number of nitrogens with zero attached hydrogens (tertiary/aromatic N) is 1. The Balaban J connectivity index is 0.00000192. The molecular formula is C16H24Cl2N2O2S. The first-order chi connectivity index (χ1) is 10.4. The van der Waals surface area contributed by atoms with Gasteiger partial charge in [0.05, 0.1) is 5.02 Å². The van der Waals surface area contributed by atoms with Crippen LogP contribution >= 0.6 is 24.0 Å². The van der Waals surface area contributed by atoms with Gasteiger partial charge in [-0.1, -0.05) is 31.5 Å². The highest BCUT2D eigenvalue weighted by molar-refractivity contribution is 7.89. The second-order valence-corrected chi connectivity index (χ2v) is 8.95. The Labute approximate surface area is 150 Å². The summed E-state index contributed by atoms with van der Waals surface area (Å²) in [5.41, 5.74) is 0.998. The van der Waals surface area contributed by atoms with E-state index < -0.39 is 10.0 Å². The van der Waals surface area contributed by atoms with Gasteiger partial charge in [0.2, 0.25) is 10.0 Å². The van der Waals surface area contributed by atoms with Gasteiger partial charge in [-0.2, -0.15) is 4.31 Å². The second kappa shape index (κ2) is 7.28. The van der Waals surface area contributed by atoms with E-state index in [0.29, 0.717) is 24.2 Å². The van der Waals surface area contributed by atoms with E-state index in [2.05, 4.69) is 19.2 Å². The maximum absolute atomic E-state index is 13.0. The summed E-state index contributed by atoms with van der Waals surface area (Å²) in [5, 5.41) is 3.82. The van der Waals surface area contributed by atoms with E-state index in [0.717, 1.165) is 24.8 Å². The molecule has 0 radical (unpaired) electrons. The SMILES string of the molecule is CC(C)c1ccc(Cl)c(S(=O)(=O)N2CCC3CCC(C2)N3)c1.Cl. The van der Waals surface area contributed by atoms with Crippen LogP contribution in [-0.2, 0) is 10.0 Å². The van der Waals surface area contributed by atoms with Crippen molar-refractivity contribution in [3.8, 4) is 0 Å². The molecule has 0 aromatic heterocycles. The van der Waals surface area contributed by atoms with Gasteiger partial charge in [0.25, 0.3) is 0 Å². The molecule has 23 heavy (non-hydrogen) atoms. The van der Waals surface area contributed by atoms with Crippen molar-refractivity contribution in [1.29, 1.82) is 0 Å². The summed E-state index contributed by atoms with van der Waals surface area (Å²) in [7, 11) is -3.53. The van der Waals surface area contributed by atoms with Crippen molar-refractivity contribution < 1.29 is 8.42 Å². The van der Waals surface area contributed by atoms with Gasteiger partial charge in [-0.25, -0.2) is 8.42 Å². The number of hydrogen-bond acceptors (Lipinski definition) is 3. The van der Waals surface area contributed by atoms with E-state index in [1.165, 1.54) is 0 Å². The van der Waals surface area contributed by atoms with E-state index in [4.69, 9.17) is 11.6 Å². The molecule has 2 bridgehead atoms. The van der Waals surface area contributed by atoms with Gasteiger partial charge < -0.3 is 5.32 Å². The molecule has 0 aliphatic carbocycles. The zero-order valence-corrected chi connectivity index (χ0v) is 15.8. The summed E-state index contributed by atoms with van der Waals surface area (Å²) in [6, 6.07) is 6.07. The molecule has 7 heteroatoms. The molecule has 0 saturated carbocycles. The van der Waals surface area contributed by atoms with E-state index in [1.54, 1.807) is 16.4 Å². The average Bonchev–Trinajstić information content (AvgIpc) is 2.77. The molecule has 130 valence electrons. The topological polar surface area (TPSA) is 49.4 Å². The van der Waals surface area contributed by atoms with Crippen LogP contribution in [0.4, 0.5) is 0 Å². The molecule has 4 nitrogen and oxygen atoms in total. The highest BCUT2D eigenvalue weighted by Crippen LogP contribution is 2.31. The zero-order chi connectivity index (χ0) is 15.9. The fraction of sp³-hybridized carbons (Fsp3) is 0.625. The summed E-state index contributed by atoms with van der Waals surface area (Å²) < 4.78 is 27.7. The number of fused-ring (bicyclic) bond motifs is 2. The van der Waals surface area contributed by atoms with Crippen LogP contribution in [0, 0.1) is 0 Å². The molecule has 3 rings (SSSR count). The lowest BCUT2D eigenvalue weighted by Gasteiger charge is -2.24. The van der Waals surface area contributed by atoms with Gasteiger partial charge in [0.1, 0.15) is 4.90 Å². The number of benzene rings is 1. The number of rotatable bonds is 3. The van der Waals surface area contributed by atoms with Crippen molar-refractivity contribution in [3.63, 3.8) is 0 Å². The lowest BCUT2D eigenvalue weighted by Crippen LogP contribution is -2.39. The fourth-order valence-electron chi connectivity index (χ4n) is 3.35. The fourth-order valence-corrected chi connectivity index (χ4v) is 5.35. The van der Waals surface area contributed by atoms with E-state index in [1.807, 2.05) is 6.07 Å². The van der Waals surface area contributed by atoms with Gasteiger partial charge in [-0.15, -0.1) is 12.4 Å². The van der Waals surface area contributed by atoms with Crippen LogP contribution < -0.4 is 5.32 Å². The molecule has 0 amide bonds. The summed E-state index contributed by atoms with van der Waals surface area (Å²) in [5.74, 6) is 0.271. The van der Waals surface area contributed by atoms with Crippen molar-refractivity contribution in [2.24, 2.45) is 0 Å². The molecule has 1 N–H and O–H groups in total. The Morgan fingerprint density at radius 1 is 1.22 bits per heavy atom. The number of hydrogen-bond donors (Lipinski definition) is 1. The third-order valence-electron chi connectivity index (χ3n) is 4.73. The Kier molecular flexibility index (Phi) is 6.01. The molecular weight excluding hydrogens is 355 g/mol. The maximum Gasteiger partial charge on any atom is 0.244 e. The third kappa shape index (κ3) is 3.85. The molecule has 2 atom stereocenters. The van der Waals surface area contributed by atoms with Crippen molar-refractivity contribution in [2.45, 2.75) is 56.0 Å². The summed E-state index contributed by atoms with van der Waals surface area (Å²) in [6.45, 7) is 5.21. The summed E-state index contributed by atoms with van der Waals surface area (Å²) in [6.07, 6.45) is 3.08. The van der Waals surface area contributed by atoms with E-state index >= 15 is 0 Å². The molecule has 2 heterocycles. The maximum atomic E-state index is 13.0. The largest absolute Gasteiger partial charge is 0.310 e. The van der Waals surface area contributed by atoms with Crippen LogP contribution in [0.15, 0.2) is 23.1 Å². The summed E-state index contributed by atoms with van der Waals surface area (Å²) >= 11 is 6.20. The third-order valence-corrected chi connectivity index (χ3v) is 7.07. The van der Waals surface area contributed by atoms with Gasteiger partial charge in [-0.3, -0.25) is 0 Å². The van der Waals surface area contributed by atoms with Crippen LogP contribution in [-0.4, -0.2) is 37.9 Å². The van der Waals surface area contributed by atoms with Crippen LogP contribution in [0.2, 0.25) is 5.02 Å². The highest BCUT2D eigenvalue weighted by atomic mass is 35.5. The van der Waals surface area contributed by atoms with Crippen molar-refractivity contribution in [1.82, 2.24) is 9.62 Å². The molecule has 0 spiro atoms. The molecule has 1 aromatic carbocycles. The van der Waals surface area contributed by atoms with Crippen molar-refractivity contribution in [2.75, 3.05) is 13.1 Å². The molecule has 2 aliphatic rings.